The average molecular weight is 528 g/mol. The van der Waals surface area contributed by atoms with E-state index in [-0.39, 0.29) is 5.82 Å². The standard InChI is InChI=1S/C34H26FN3O2/c35-28-16-18-29(19-17-28)38-32(20-30(37-38)27-14-8-3-9-15-27)31-21-33(39-23-25-10-4-1-5-11-25)34(22-36-31)40-24-26-12-6-2-7-13-26/h1-22H,23-24H2. The number of rotatable bonds is 9. The molecule has 0 fully saturated rings. The molecular weight excluding hydrogens is 501 g/mol. The van der Waals surface area contributed by atoms with E-state index in [4.69, 9.17) is 19.6 Å². The summed E-state index contributed by atoms with van der Waals surface area (Å²) < 4.78 is 28.0. The zero-order valence-electron chi connectivity index (χ0n) is 21.7. The molecule has 6 heteroatoms. The molecule has 0 saturated carbocycles. The van der Waals surface area contributed by atoms with Crippen molar-refractivity contribution in [2.45, 2.75) is 13.2 Å². The molecule has 0 unspecified atom stereocenters. The maximum Gasteiger partial charge on any atom is 0.179 e. The molecule has 40 heavy (non-hydrogen) atoms. The van der Waals surface area contributed by atoms with Gasteiger partial charge in [0, 0.05) is 11.6 Å². The summed E-state index contributed by atoms with van der Waals surface area (Å²) in [5.74, 6) is 0.799. The molecule has 0 bridgehead atoms. The van der Waals surface area contributed by atoms with Gasteiger partial charge in [-0.15, -0.1) is 0 Å². The largest absolute Gasteiger partial charge is 0.485 e. The number of nitrogens with zero attached hydrogens (tertiary/aromatic N) is 3. The first-order valence-electron chi connectivity index (χ1n) is 13.0. The van der Waals surface area contributed by atoms with Crippen molar-refractivity contribution in [3.05, 3.63) is 151 Å². The minimum absolute atomic E-state index is 0.310. The molecule has 0 aliphatic heterocycles. The zero-order valence-corrected chi connectivity index (χ0v) is 21.7. The number of pyridine rings is 1. The molecule has 0 atom stereocenters. The van der Waals surface area contributed by atoms with Crippen LogP contribution in [0.3, 0.4) is 0 Å². The van der Waals surface area contributed by atoms with E-state index in [0.717, 1.165) is 33.8 Å². The van der Waals surface area contributed by atoms with Gasteiger partial charge in [0.1, 0.15) is 19.0 Å². The normalized spacial score (nSPS) is 10.8. The van der Waals surface area contributed by atoms with Crippen molar-refractivity contribution in [2.75, 3.05) is 0 Å². The maximum atomic E-state index is 13.7. The predicted molar refractivity (Wildman–Crippen MR) is 154 cm³/mol. The van der Waals surface area contributed by atoms with Crippen molar-refractivity contribution in [1.82, 2.24) is 14.8 Å². The van der Waals surface area contributed by atoms with E-state index in [1.165, 1.54) is 12.1 Å². The first kappa shape index (κ1) is 25.1. The fourth-order valence-corrected chi connectivity index (χ4v) is 4.35. The lowest BCUT2D eigenvalue weighted by Crippen LogP contribution is -2.04. The van der Waals surface area contributed by atoms with Crippen LogP contribution in [0, 0.1) is 5.82 Å². The van der Waals surface area contributed by atoms with Gasteiger partial charge < -0.3 is 9.47 Å². The maximum absolute atomic E-state index is 13.7. The highest BCUT2D eigenvalue weighted by molar-refractivity contribution is 5.70. The Kier molecular flexibility index (Phi) is 7.31. The zero-order chi connectivity index (χ0) is 27.1. The van der Waals surface area contributed by atoms with Crippen molar-refractivity contribution in [2.24, 2.45) is 0 Å². The van der Waals surface area contributed by atoms with Crippen LogP contribution in [0.25, 0.3) is 28.3 Å². The Balaban J connectivity index is 1.40. The predicted octanol–water partition coefficient (Wildman–Crippen LogP) is 7.90. The molecule has 5 nitrogen and oxygen atoms in total. The van der Waals surface area contributed by atoms with E-state index in [2.05, 4.69) is 0 Å². The van der Waals surface area contributed by atoms with E-state index in [1.807, 2.05) is 103 Å². The van der Waals surface area contributed by atoms with Gasteiger partial charge in [-0.05, 0) is 41.5 Å². The van der Waals surface area contributed by atoms with Gasteiger partial charge in [-0.25, -0.2) is 9.07 Å². The van der Waals surface area contributed by atoms with Crippen molar-refractivity contribution in [3.63, 3.8) is 0 Å². The molecule has 0 amide bonds. The number of hydrogen-bond donors (Lipinski definition) is 0. The smallest absolute Gasteiger partial charge is 0.179 e. The number of benzene rings is 4. The van der Waals surface area contributed by atoms with Gasteiger partial charge in [0.2, 0.25) is 0 Å². The van der Waals surface area contributed by atoms with Crippen LogP contribution in [0.4, 0.5) is 4.39 Å². The van der Waals surface area contributed by atoms with Crippen LogP contribution in [-0.2, 0) is 13.2 Å². The van der Waals surface area contributed by atoms with Gasteiger partial charge in [-0.1, -0.05) is 91.0 Å². The van der Waals surface area contributed by atoms with Crippen molar-refractivity contribution in [1.29, 1.82) is 0 Å². The molecule has 2 aromatic heterocycles. The summed E-state index contributed by atoms with van der Waals surface area (Å²) in [6.45, 7) is 0.758. The first-order chi connectivity index (χ1) is 19.7. The molecule has 0 aliphatic rings. The highest BCUT2D eigenvalue weighted by Gasteiger charge is 2.17. The van der Waals surface area contributed by atoms with E-state index in [1.54, 1.807) is 23.0 Å². The lowest BCUT2D eigenvalue weighted by atomic mass is 10.1. The molecule has 0 N–H and O–H groups in total. The quantitative estimate of drug-likeness (QED) is 0.192. The van der Waals surface area contributed by atoms with E-state index in [0.29, 0.717) is 30.4 Å². The fourth-order valence-electron chi connectivity index (χ4n) is 4.35. The van der Waals surface area contributed by atoms with Crippen LogP contribution in [0.1, 0.15) is 11.1 Å². The minimum Gasteiger partial charge on any atom is -0.485 e. The third-order valence-electron chi connectivity index (χ3n) is 6.42. The molecule has 2 heterocycles. The van der Waals surface area contributed by atoms with Crippen molar-refractivity contribution < 1.29 is 13.9 Å². The average Bonchev–Trinajstić information content (AvgIpc) is 3.47. The van der Waals surface area contributed by atoms with Crippen LogP contribution >= 0.6 is 0 Å². The Morgan fingerprint density at radius 1 is 0.600 bits per heavy atom. The van der Waals surface area contributed by atoms with Crippen LogP contribution in [0.5, 0.6) is 11.5 Å². The topological polar surface area (TPSA) is 49.2 Å². The highest BCUT2D eigenvalue weighted by atomic mass is 19.1. The summed E-state index contributed by atoms with van der Waals surface area (Å²) >= 11 is 0. The number of ether oxygens (including phenoxy) is 2. The van der Waals surface area contributed by atoms with E-state index in [9.17, 15) is 4.39 Å². The molecule has 0 aliphatic carbocycles. The van der Waals surface area contributed by atoms with E-state index >= 15 is 0 Å². The van der Waals surface area contributed by atoms with Gasteiger partial charge in [-0.3, -0.25) is 4.98 Å². The van der Waals surface area contributed by atoms with Gasteiger partial charge >= 0.3 is 0 Å². The Labute approximate surface area is 232 Å². The van der Waals surface area contributed by atoms with Crippen LogP contribution < -0.4 is 9.47 Å². The Hall–Kier alpha value is -5.23. The van der Waals surface area contributed by atoms with Crippen LogP contribution in [0.15, 0.2) is 134 Å². The van der Waals surface area contributed by atoms with Crippen molar-refractivity contribution in [3.8, 4) is 39.8 Å². The Morgan fingerprint density at radius 3 is 1.80 bits per heavy atom. The second-order valence-electron chi connectivity index (χ2n) is 9.23. The monoisotopic (exact) mass is 527 g/mol. The fraction of sp³-hybridized carbons (Fsp3) is 0.0588. The van der Waals surface area contributed by atoms with E-state index < -0.39 is 0 Å². The summed E-state index contributed by atoms with van der Waals surface area (Å²) in [6.07, 6.45) is 1.68. The van der Waals surface area contributed by atoms with Crippen LogP contribution in [-0.4, -0.2) is 14.8 Å². The molecule has 0 spiro atoms. The summed E-state index contributed by atoms with van der Waals surface area (Å²) in [7, 11) is 0. The summed E-state index contributed by atoms with van der Waals surface area (Å²) in [4.78, 5) is 4.75. The highest BCUT2D eigenvalue weighted by Crippen LogP contribution is 2.34. The number of hydrogen-bond acceptors (Lipinski definition) is 4. The second-order valence-corrected chi connectivity index (χ2v) is 9.23. The van der Waals surface area contributed by atoms with Gasteiger partial charge in [-0.2, -0.15) is 5.10 Å². The summed E-state index contributed by atoms with van der Waals surface area (Å²) in [6, 6.07) is 39.9. The van der Waals surface area contributed by atoms with Gasteiger partial charge in [0.15, 0.2) is 11.5 Å². The Morgan fingerprint density at radius 2 is 1.18 bits per heavy atom. The first-order valence-corrected chi connectivity index (χ1v) is 13.0. The molecule has 6 aromatic rings. The van der Waals surface area contributed by atoms with Gasteiger partial charge in [0.05, 0.1) is 29.0 Å². The molecule has 0 saturated heterocycles. The lowest BCUT2D eigenvalue weighted by molar-refractivity contribution is 0.255. The Bertz CT molecular complexity index is 1690. The number of aromatic nitrogens is 3. The number of halogens is 1. The summed E-state index contributed by atoms with van der Waals surface area (Å²) in [5, 5.41) is 4.86. The lowest BCUT2D eigenvalue weighted by Gasteiger charge is -2.15. The molecule has 6 rings (SSSR count). The molecule has 4 aromatic carbocycles. The van der Waals surface area contributed by atoms with Crippen molar-refractivity contribution >= 4 is 0 Å². The summed E-state index contributed by atoms with van der Waals surface area (Å²) in [5.41, 5.74) is 5.93. The van der Waals surface area contributed by atoms with Crippen LogP contribution in [0.2, 0.25) is 0 Å². The second kappa shape index (κ2) is 11.7. The third-order valence-corrected chi connectivity index (χ3v) is 6.42. The SMILES string of the molecule is Fc1ccc(-n2nc(-c3ccccc3)cc2-c2cc(OCc3ccccc3)c(OCc3ccccc3)cn2)cc1. The van der Waals surface area contributed by atoms with Gasteiger partial charge in [0.25, 0.3) is 0 Å². The molecule has 0 radical (unpaired) electrons. The third kappa shape index (κ3) is 5.76. The minimum atomic E-state index is -0.310. The molecular formula is C34H26FN3O2. The molecule has 196 valence electrons.